The van der Waals surface area contributed by atoms with Crippen molar-refractivity contribution in [1.82, 2.24) is 9.80 Å². The van der Waals surface area contributed by atoms with E-state index in [-0.39, 0.29) is 17.9 Å². The molecule has 1 aromatic carbocycles. The molecule has 1 aromatic rings. The molecule has 23 heavy (non-hydrogen) atoms. The van der Waals surface area contributed by atoms with Gasteiger partial charge in [-0.05, 0) is 61.3 Å². The van der Waals surface area contributed by atoms with Gasteiger partial charge in [-0.25, -0.2) is 4.79 Å². The van der Waals surface area contributed by atoms with Crippen LogP contribution in [0.5, 0.6) is 5.75 Å². The third-order valence-electron chi connectivity index (χ3n) is 3.76. The summed E-state index contributed by atoms with van der Waals surface area (Å²) in [5, 5.41) is 9.56. The first-order chi connectivity index (χ1) is 10.7. The fourth-order valence-corrected chi connectivity index (χ4v) is 3.10. The quantitative estimate of drug-likeness (QED) is 0.846. The van der Waals surface area contributed by atoms with Gasteiger partial charge < -0.3 is 14.7 Å². The molecule has 0 spiro atoms. The fraction of sp³-hybridized carbons (Fsp3) is 0.588. The van der Waals surface area contributed by atoms with Crippen molar-refractivity contribution in [3.05, 3.63) is 28.2 Å². The van der Waals surface area contributed by atoms with Gasteiger partial charge in [-0.3, -0.25) is 4.90 Å². The number of hydrogen-bond acceptors (Lipinski definition) is 4. The van der Waals surface area contributed by atoms with Gasteiger partial charge in [0.15, 0.2) is 0 Å². The van der Waals surface area contributed by atoms with Crippen molar-refractivity contribution in [2.24, 2.45) is 0 Å². The second-order valence-corrected chi connectivity index (χ2v) is 7.90. The molecule has 0 aliphatic carbocycles. The van der Waals surface area contributed by atoms with Gasteiger partial charge in [0.25, 0.3) is 0 Å². The molecule has 1 aliphatic rings. The van der Waals surface area contributed by atoms with E-state index >= 15 is 0 Å². The number of ether oxygens (including phenoxy) is 1. The lowest BCUT2D eigenvalue weighted by Crippen LogP contribution is -2.54. The summed E-state index contributed by atoms with van der Waals surface area (Å²) in [5.74, 6) is 0.247. The van der Waals surface area contributed by atoms with Crippen molar-refractivity contribution in [1.29, 1.82) is 0 Å². The van der Waals surface area contributed by atoms with Gasteiger partial charge in [0.2, 0.25) is 0 Å². The maximum Gasteiger partial charge on any atom is 0.410 e. The van der Waals surface area contributed by atoms with Crippen LogP contribution in [0.15, 0.2) is 22.7 Å². The van der Waals surface area contributed by atoms with Crippen molar-refractivity contribution in [3.8, 4) is 5.75 Å². The topological polar surface area (TPSA) is 53.0 Å². The Balaban J connectivity index is 1.93. The maximum atomic E-state index is 12.2. The third kappa shape index (κ3) is 5.11. The minimum Gasteiger partial charge on any atom is -0.507 e. The SMILES string of the molecule is CC1CN(Cc2ccc(O)c(Br)c2)CCN1C(=O)OC(C)(C)C. The number of aromatic hydroxyl groups is 1. The van der Waals surface area contributed by atoms with Crippen LogP contribution in [0.1, 0.15) is 33.3 Å². The van der Waals surface area contributed by atoms with Gasteiger partial charge in [0.05, 0.1) is 4.47 Å². The van der Waals surface area contributed by atoms with E-state index < -0.39 is 5.60 Å². The van der Waals surface area contributed by atoms with Gasteiger partial charge in [-0.15, -0.1) is 0 Å². The Morgan fingerprint density at radius 1 is 1.39 bits per heavy atom. The van der Waals surface area contributed by atoms with Gasteiger partial charge >= 0.3 is 6.09 Å². The predicted molar refractivity (Wildman–Crippen MR) is 93.5 cm³/mol. The van der Waals surface area contributed by atoms with Crippen LogP contribution >= 0.6 is 15.9 Å². The molecule has 5 nitrogen and oxygen atoms in total. The minimum absolute atomic E-state index is 0.110. The Labute approximate surface area is 146 Å². The molecule has 0 radical (unpaired) electrons. The van der Waals surface area contributed by atoms with Crippen molar-refractivity contribution >= 4 is 22.0 Å². The molecule has 1 atom stereocenters. The first-order valence-electron chi connectivity index (χ1n) is 7.85. The number of piperazine rings is 1. The maximum absolute atomic E-state index is 12.2. The predicted octanol–water partition coefficient (Wildman–Crippen LogP) is 3.60. The summed E-state index contributed by atoms with van der Waals surface area (Å²) in [6.45, 7) is 10.8. The molecular formula is C17H25BrN2O3. The van der Waals surface area contributed by atoms with Crippen LogP contribution in [-0.2, 0) is 11.3 Å². The number of amides is 1. The number of hydrogen-bond donors (Lipinski definition) is 1. The van der Waals surface area contributed by atoms with Gasteiger partial charge in [0, 0.05) is 32.2 Å². The molecule has 1 saturated heterocycles. The molecule has 1 amide bonds. The highest BCUT2D eigenvalue weighted by atomic mass is 79.9. The van der Waals surface area contributed by atoms with Crippen LogP contribution in [0, 0.1) is 0 Å². The number of phenols is 1. The van der Waals surface area contributed by atoms with Crippen molar-refractivity contribution in [2.45, 2.75) is 45.9 Å². The summed E-state index contributed by atoms with van der Waals surface area (Å²) in [6.07, 6.45) is -0.239. The van der Waals surface area contributed by atoms with E-state index in [1.54, 1.807) is 11.0 Å². The van der Waals surface area contributed by atoms with Crippen LogP contribution < -0.4 is 0 Å². The van der Waals surface area contributed by atoms with Gasteiger partial charge in [-0.2, -0.15) is 0 Å². The lowest BCUT2D eigenvalue weighted by Gasteiger charge is -2.40. The molecule has 0 aromatic heterocycles. The molecular weight excluding hydrogens is 360 g/mol. The lowest BCUT2D eigenvalue weighted by atomic mass is 10.1. The van der Waals surface area contributed by atoms with Crippen molar-refractivity contribution < 1.29 is 14.6 Å². The molecule has 1 aliphatic heterocycles. The summed E-state index contributed by atoms with van der Waals surface area (Å²) in [6, 6.07) is 5.66. The summed E-state index contributed by atoms with van der Waals surface area (Å²) < 4.78 is 6.17. The lowest BCUT2D eigenvalue weighted by molar-refractivity contribution is 0.000556. The van der Waals surface area contributed by atoms with E-state index in [1.807, 2.05) is 39.8 Å². The summed E-state index contributed by atoms with van der Waals surface area (Å²) in [5.41, 5.74) is 0.666. The summed E-state index contributed by atoms with van der Waals surface area (Å²) >= 11 is 3.34. The minimum atomic E-state index is -0.466. The normalized spacial score (nSPS) is 19.7. The molecule has 6 heteroatoms. The Kier molecular flexibility index (Phi) is 5.57. The smallest absolute Gasteiger partial charge is 0.410 e. The van der Waals surface area contributed by atoms with E-state index in [2.05, 4.69) is 20.8 Å². The Bertz CT molecular complexity index is 571. The fourth-order valence-electron chi connectivity index (χ4n) is 2.68. The molecule has 1 fully saturated rings. The summed E-state index contributed by atoms with van der Waals surface area (Å²) in [4.78, 5) is 16.3. The highest BCUT2D eigenvalue weighted by Gasteiger charge is 2.30. The summed E-state index contributed by atoms with van der Waals surface area (Å²) in [7, 11) is 0. The molecule has 1 N–H and O–H groups in total. The molecule has 128 valence electrons. The second kappa shape index (κ2) is 7.09. The first kappa shape index (κ1) is 18.1. The van der Waals surface area contributed by atoms with E-state index in [9.17, 15) is 9.90 Å². The largest absolute Gasteiger partial charge is 0.507 e. The van der Waals surface area contributed by atoms with Gasteiger partial charge in [0.1, 0.15) is 11.4 Å². The van der Waals surface area contributed by atoms with Crippen LogP contribution in [-0.4, -0.2) is 52.3 Å². The number of halogens is 1. The van der Waals surface area contributed by atoms with E-state index in [0.29, 0.717) is 11.0 Å². The number of rotatable bonds is 2. The van der Waals surface area contributed by atoms with E-state index in [0.717, 1.165) is 25.2 Å². The van der Waals surface area contributed by atoms with Crippen molar-refractivity contribution in [3.63, 3.8) is 0 Å². The molecule has 1 unspecified atom stereocenters. The van der Waals surface area contributed by atoms with Crippen LogP contribution in [0.3, 0.4) is 0 Å². The zero-order chi connectivity index (χ0) is 17.2. The standard InChI is InChI=1S/C17H25BrN2O3/c1-12-10-19(11-13-5-6-15(21)14(18)9-13)7-8-20(12)16(22)23-17(2,3)4/h5-6,9,12,21H,7-8,10-11H2,1-4H3. The third-order valence-corrected chi connectivity index (χ3v) is 4.39. The van der Waals surface area contributed by atoms with Gasteiger partial charge in [-0.1, -0.05) is 6.07 Å². The average Bonchev–Trinajstić information content (AvgIpc) is 2.41. The number of carbonyl (C=O) groups is 1. The number of carbonyl (C=O) groups excluding carboxylic acids is 1. The monoisotopic (exact) mass is 384 g/mol. The van der Waals surface area contributed by atoms with E-state index in [1.165, 1.54) is 0 Å². The van der Waals surface area contributed by atoms with Crippen LogP contribution in [0.4, 0.5) is 4.79 Å². The molecule has 1 heterocycles. The number of benzene rings is 1. The highest BCUT2D eigenvalue weighted by molar-refractivity contribution is 9.10. The zero-order valence-electron chi connectivity index (χ0n) is 14.2. The Morgan fingerprint density at radius 3 is 2.65 bits per heavy atom. The Morgan fingerprint density at radius 2 is 2.09 bits per heavy atom. The van der Waals surface area contributed by atoms with Crippen LogP contribution in [0.2, 0.25) is 0 Å². The zero-order valence-corrected chi connectivity index (χ0v) is 15.8. The van der Waals surface area contributed by atoms with E-state index in [4.69, 9.17) is 4.74 Å². The first-order valence-corrected chi connectivity index (χ1v) is 8.64. The Hall–Kier alpha value is -1.27. The number of phenolic OH excluding ortho intramolecular Hbond substituents is 1. The molecule has 0 saturated carbocycles. The number of nitrogens with zero attached hydrogens (tertiary/aromatic N) is 2. The molecule has 2 rings (SSSR count). The second-order valence-electron chi connectivity index (χ2n) is 7.04. The highest BCUT2D eigenvalue weighted by Crippen LogP contribution is 2.25. The average molecular weight is 385 g/mol. The van der Waals surface area contributed by atoms with Crippen molar-refractivity contribution in [2.75, 3.05) is 19.6 Å². The molecule has 0 bridgehead atoms. The van der Waals surface area contributed by atoms with Crippen LogP contribution in [0.25, 0.3) is 0 Å².